The first-order valence-corrected chi connectivity index (χ1v) is 3.96. The molecule has 1 N–H and O–H groups in total. The van der Waals surface area contributed by atoms with Crippen molar-refractivity contribution in [2.45, 2.75) is 6.18 Å². The maximum Gasteiger partial charge on any atom is 0.420 e. The lowest BCUT2D eigenvalue weighted by atomic mass is 10.1. The van der Waals surface area contributed by atoms with Gasteiger partial charge in [0, 0.05) is 0 Å². The maximum atomic E-state index is 13.3. The molecular weight excluding hydrogens is 232 g/mol. The molecule has 0 aromatic heterocycles. The van der Waals surface area contributed by atoms with Gasteiger partial charge in [-0.15, -0.1) is 0 Å². The van der Waals surface area contributed by atoms with E-state index in [0.717, 1.165) is 7.11 Å². The smallest absolute Gasteiger partial charge is 0.420 e. The first-order valence-electron chi connectivity index (χ1n) is 3.96. The summed E-state index contributed by atoms with van der Waals surface area (Å²) in [5.74, 6) is -4.32. The third kappa shape index (κ3) is 2.07. The van der Waals surface area contributed by atoms with E-state index in [1.54, 1.807) is 0 Å². The Morgan fingerprint density at radius 2 is 1.94 bits per heavy atom. The summed E-state index contributed by atoms with van der Waals surface area (Å²) in [6, 6.07) is 1.01. The van der Waals surface area contributed by atoms with Crippen LogP contribution >= 0.6 is 0 Å². The molecule has 16 heavy (non-hydrogen) atoms. The van der Waals surface area contributed by atoms with Gasteiger partial charge in [0.05, 0.1) is 12.7 Å². The van der Waals surface area contributed by atoms with Crippen molar-refractivity contribution in [2.24, 2.45) is 0 Å². The Labute approximate surface area is 87.3 Å². The summed E-state index contributed by atoms with van der Waals surface area (Å²) in [4.78, 5) is 10.5. The summed E-state index contributed by atoms with van der Waals surface area (Å²) in [5, 5.41) is 8.50. The van der Waals surface area contributed by atoms with E-state index in [2.05, 4.69) is 4.74 Å². The van der Waals surface area contributed by atoms with Gasteiger partial charge in [0.2, 0.25) is 0 Å². The number of hydrogen-bond acceptors (Lipinski definition) is 2. The number of methoxy groups -OCH3 is 1. The molecule has 1 aromatic carbocycles. The van der Waals surface area contributed by atoms with Crippen LogP contribution in [0.15, 0.2) is 12.1 Å². The van der Waals surface area contributed by atoms with E-state index in [1.807, 2.05) is 0 Å². The molecule has 0 aliphatic rings. The fraction of sp³-hybridized carbons (Fsp3) is 0.222. The minimum absolute atomic E-state index is 0.464. The van der Waals surface area contributed by atoms with Gasteiger partial charge in [-0.25, -0.2) is 9.18 Å². The quantitative estimate of drug-likeness (QED) is 0.805. The van der Waals surface area contributed by atoms with E-state index in [4.69, 9.17) is 5.11 Å². The number of rotatable bonds is 2. The Hall–Kier alpha value is -1.79. The summed E-state index contributed by atoms with van der Waals surface area (Å²) in [7, 11) is 0.833. The average molecular weight is 238 g/mol. The second-order valence-corrected chi connectivity index (χ2v) is 2.81. The standard InChI is InChI=1S/C9H6F4O3/c1-16-7-5(9(11,12)13)3-2-4(6(7)10)8(14)15/h2-3H,1H3,(H,14,15). The SMILES string of the molecule is COc1c(C(F)(F)F)ccc(C(=O)O)c1F. The molecule has 0 amide bonds. The van der Waals surface area contributed by atoms with Crippen LogP contribution in [-0.2, 0) is 6.18 Å². The van der Waals surface area contributed by atoms with Crippen LogP contribution < -0.4 is 4.74 Å². The van der Waals surface area contributed by atoms with E-state index in [-0.39, 0.29) is 0 Å². The highest BCUT2D eigenvalue weighted by molar-refractivity contribution is 5.88. The van der Waals surface area contributed by atoms with Crippen molar-refractivity contribution in [3.63, 3.8) is 0 Å². The van der Waals surface area contributed by atoms with E-state index >= 15 is 0 Å². The molecule has 88 valence electrons. The van der Waals surface area contributed by atoms with Gasteiger partial charge in [0.1, 0.15) is 5.56 Å². The molecule has 3 nitrogen and oxygen atoms in total. The lowest BCUT2D eigenvalue weighted by Crippen LogP contribution is -2.11. The summed E-state index contributed by atoms with van der Waals surface area (Å²) in [5.41, 5.74) is -2.22. The fourth-order valence-electron chi connectivity index (χ4n) is 1.14. The third-order valence-corrected chi connectivity index (χ3v) is 1.84. The van der Waals surface area contributed by atoms with Crippen LogP contribution in [0.5, 0.6) is 5.75 Å². The van der Waals surface area contributed by atoms with Crippen molar-refractivity contribution in [3.05, 3.63) is 29.1 Å². The molecule has 0 aliphatic carbocycles. The molecule has 0 saturated carbocycles. The van der Waals surface area contributed by atoms with Gasteiger partial charge >= 0.3 is 12.1 Å². The van der Waals surface area contributed by atoms with Crippen LogP contribution in [0.2, 0.25) is 0 Å². The van der Waals surface area contributed by atoms with E-state index in [1.165, 1.54) is 0 Å². The van der Waals surface area contributed by atoms with Crippen molar-refractivity contribution in [1.29, 1.82) is 0 Å². The number of carboxylic acid groups (broad SMARTS) is 1. The van der Waals surface area contributed by atoms with Gasteiger partial charge in [-0.3, -0.25) is 0 Å². The zero-order valence-electron chi connectivity index (χ0n) is 7.93. The van der Waals surface area contributed by atoms with Crippen LogP contribution in [0, 0.1) is 5.82 Å². The predicted octanol–water partition coefficient (Wildman–Crippen LogP) is 2.55. The number of benzene rings is 1. The van der Waals surface area contributed by atoms with Gasteiger partial charge in [-0.05, 0) is 12.1 Å². The average Bonchev–Trinajstić information content (AvgIpc) is 2.15. The highest BCUT2D eigenvalue weighted by Gasteiger charge is 2.36. The second-order valence-electron chi connectivity index (χ2n) is 2.81. The number of alkyl halides is 3. The number of hydrogen-bond donors (Lipinski definition) is 1. The molecule has 0 saturated heterocycles. The van der Waals surface area contributed by atoms with Gasteiger partial charge in [0.25, 0.3) is 0 Å². The normalized spacial score (nSPS) is 11.3. The van der Waals surface area contributed by atoms with E-state index in [9.17, 15) is 22.4 Å². The molecule has 0 unspecified atom stereocenters. The molecule has 1 aromatic rings. The number of carbonyl (C=O) groups is 1. The molecule has 1 rings (SSSR count). The van der Waals surface area contributed by atoms with Crippen molar-refractivity contribution < 1.29 is 32.2 Å². The van der Waals surface area contributed by atoms with Gasteiger partial charge in [-0.2, -0.15) is 13.2 Å². The Bertz CT molecular complexity index is 425. The maximum absolute atomic E-state index is 13.3. The van der Waals surface area contributed by atoms with Crippen LogP contribution in [0.25, 0.3) is 0 Å². The molecule has 0 spiro atoms. The number of carboxylic acids is 1. The van der Waals surface area contributed by atoms with Crippen molar-refractivity contribution >= 4 is 5.97 Å². The molecule has 0 aliphatic heterocycles. The zero-order chi connectivity index (χ0) is 12.5. The van der Waals surface area contributed by atoms with Gasteiger partial charge in [0.15, 0.2) is 11.6 Å². The summed E-state index contributed by atoms with van der Waals surface area (Å²) < 4.78 is 54.6. The first-order chi connectivity index (χ1) is 7.29. The Kier molecular flexibility index (Phi) is 3.06. The van der Waals surface area contributed by atoms with E-state index < -0.39 is 34.8 Å². The topological polar surface area (TPSA) is 46.5 Å². The number of aromatic carboxylic acids is 1. The lowest BCUT2D eigenvalue weighted by Gasteiger charge is -2.13. The van der Waals surface area contributed by atoms with Crippen LogP contribution in [0.4, 0.5) is 17.6 Å². The van der Waals surface area contributed by atoms with Crippen LogP contribution in [0.3, 0.4) is 0 Å². The molecule has 0 radical (unpaired) electrons. The summed E-state index contributed by atoms with van der Waals surface area (Å²) in [6.07, 6.45) is -4.80. The van der Waals surface area contributed by atoms with Crippen molar-refractivity contribution in [1.82, 2.24) is 0 Å². The van der Waals surface area contributed by atoms with Crippen LogP contribution in [-0.4, -0.2) is 18.2 Å². The molecule has 7 heteroatoms. The van der Waals surface area contributed by atoms with Crippen LogP contribution in [0.1, 0.15) is 15.9 Å². The zero-order valence-corrected chi connectivity index (χ0v) is 7.93. The molecular formula is C9H6F4O3. The van der Waals surface area contributed by atoms with Crippen molar-refractivity contribution in [2.75, 3.05) is 7.11 Å². The number of ether oxygens (including phenoxy) is 1. The second kappa shape index (κ2) is 3.99. The molecule has 0 heterocycles. The lowest BCUT2D eigenvalue weighted by molar-refractivity contribution is -0.139. The largest absolute Gasteiger partial charge is 0.493 e. The monoisotopic (exact) mass is 238 g/mol. The molecule has 0 atom stereocenters. The van der Waals surface area contributed by atoms with Gasteiger partial charge < -0.3 is 9.84 Å². The minimum Gasteiger partial charge on any atom is -0.493 e. The Balaban J connectivity index is 3.47. The highest BCUT2D eigenvalue weighted by atomic mass is 19.4. The summed E-state index contributed by atoms with van der Waals surface area (Å²) in [6.45, 7) is 0. The van der Waals surface area contributed by atoms with Crippen molar-refractivity contribution in [3.8, 4) is 5.75 Å². The van der Waals surface area contributed by atoms with Gasteiger partial charge in [-0.1, -0.05) is 0 Å². The van der Waals surface area contributed by atoms with E-state index in [0.29, 0.717) is 12.1 Å². The first kappa shape index (κ1) is 12.3. The summed E-state index contributed by atoms with van der Waals surface area (Å²) >= 11 is 0. The fourth-order valence-corrected chi connectivity index (χ4v) is 1.14. The Morgan fingerprint density at radius 1 is 1.38 bits per heavy atom. The number of halogens is 4. The highest BCUT2D eigenvalue weighted by Crippen LogP contribution is 2.38. The Morgan fingerprint density at radius 3 is 2.31 bits per heavy atom. The predicted molar refractivity (Wildman–Crippen MR) is 44.9 cm³/mol. The molecule has 0 fully saturated rings. The minimum atomic E-state index is -4.80. The molecule has 0 bridgehead atoms. The third-order valence-electron chi connectivity index (χ3n) is 1.84.